The van der Waals surface area contributed by atoms with Crippen molar-refractivity contribution in [1.82, 2.24) is 19.2 Å². The first-order valence-corrected chi connectivity index (χ1v) is 13.1. The van der Waals surface area contributed by atoms with Gasteiger partial charge in [0.05, 0.1) is 6.20 Å². The van der Waals surface area contributed by atoms with E-state index >= 15 is 0 Å². The molecule has 1 N–H and O–H groups in total. The second-order valence-corrected chi connectivity index (χ2v) is 10.4. The minimum atomic E-state index is -0.147. The van der Waals surface area contributed by atoms with Gasteiger partial charge in [-0.15, -0.1) is 0 Å². The van der Waals surface area contributed by atoms with Gasteiger partial charge in [0.2, 0.25) is 0 Å². The lowest BCUT2D eigenvalue weighted by atomic mass is 10.0. The molecule has 1 fully saturated rings. The number of imidazole rings is 1. The number of pyridine rings is 1. The standard InChI is InChI=1S/C30H32N6O2/c1-21-15-22(20-34-13-11-33(2)12-14-34)17-24(16-21)29(37)32-25-7-6-23-8-10-36(26(23)18-25)30(38)27-19-31-28-5-3-4-9-35(27)28/h3-7,9,15-19H,8,10-14,20H2,1-2H3,(H,32,37). The van der Waals surface area contributed by atoms with Crippen LogP contribution in [0.5, 0.6) is 0 Å². The molecule has 4 heterocycles. The molecule has 2 amide bonds. The quantitative estimate of drug-likeness (QED) is 0.444. The third-order valence-corrected chi connectivity index (χ3v) is 7.52. The molecule has 2 aliphatic rings. The highest BCUT2D eigenvalue weighted by atomic mass is 16.2. The summed E-state index contributed by atoms with van der Waals surface area (Å²) in [7, 11) is 2.15. The molecule has 1 saturated heterocycles. The smallest absolute Gasteiger partial charge is 0.276 e. The number of piperazine rings is 1. The summed E-state index contributed by atoms with van der Waals surface area (Å²) in [6.07, 6.45) is 4.25. The summed E-state index contributed by atoms with van der Waals surface area (Å²) in [4.78, 5) is 37.7. The number of likely N-dealkylation sites (N-methyl/N-ethyl adjacent to an activating group) is 1. The highest BCUT2D eigenvalue weighted by Gasteiger charge is 2.28. The van der Waals surface area contributed by atoms with E-state index in [4.69, 9.17) is 0 Å². The van der Waals surface area contributed by atoms with Crippen molar-refractivity contribution < 1.29 is 9.59 Å². The van der Waals surface area contributed by atoms with Gasteiger partial charge in [0.15, 0.2) is 0 Å². The first kappa shape index (κ1) is 24.3. The van der Waals surface area contributed by atoms with Gasteiger partial charge in [0.1, 0.15) is 11.3 Å². The van der Waals surface area contributed by atoms with Crippen molar-refractivity contribution in [1.29, 1.82) is 0 Å². The highest BCUT2D eigenvalue weighted by molar-refractivity contribution is 6.08. The van der Waals surface area contributed by atoms with Gasteiger partial charge in [-0.05, 0) is 67.9 Å². The zero-order chi connectivity index (χ0) is 26.2. The predicted octanol–water partition coefficient (Wildman–Crippen LogP) is 3.85. The van der Waals surface area contributed by atoms with Crippen LogP contribution in [0.25, 0.3) is 5.65 Å². The fraction of sp³-hybridized carbons (Fsp3) is 0.300. The van der Waals surface area contributed by atoms with Crippen molar-refractivity contribution in [2.75, 3.05) is 50.0 Å². The van der Waals surface area contributed by atoms with Crippen LogP contribution in [0.15, 0.2) is 67.0 Å². The number of benzene rings is 2. The van der Waals surface area contributed by atoms with E-state index in [1.54, 1.807) is 11.1 Å². The molecule has 6 rings (SSSR count). The van der Waals surface area contributed by atoms with Gasteiger partial charge in [-0.25, -0.2) is 4.98 Å². The average Bonchev–Trinajstić information content (AvgIpc) is 3.54. The fourth-order valence-electron chi connectivity index (χ4n) is 5.45. The molecule has 2 aromatic carbocycles. The van der Waals surface area contributed by atoms with E-state index in [0.717, 1.165) is 67.2 Å². The number of hydrogen-bond acceptors (Lipinski definition) is 5. The van der Waals surface area contributed by atoms with Crippen molar-refractivity contribution in [2.45, 2.75) is 19.9 Å². The molecule has 0 unspecified atom stereocenters. The van der Waals surface area contributed by atoms with Crippen LogP contribution in [-0.2, 0) is 13.0 Å². The second-order valence-electron chi connectivity index (χ2n) is 10.4. The van der Waals surface area contributed by atoms with Crippen LogP contribution in [0.4, 0.5) is 11.4 Å². The van der Waals surface area contributed by atoms with Crippen LogP contribution in [0, 0.1) is 6.92 Å². The van der Waals surface area contributed by atoms with Crippen LogP contribution in [0.2, 0.25) is 0 Å². The largest absolute Gasteiger partial charge is 0.322 e. The lowest BCUT2D eigenvalue weighted by Crippen LogP contribution is -2.43. The van der Waals surface area contributed by atoms with Gasteiger partial charge < -0.3 is 15.1 Å². The molecule has 2 aliphatic heterocycles. The Balaban J connectivity index is 1.19. The minimum Gasteiger partial charge on any atom is -0.322 e. The third-order valence-electron chi connectivity index (χ3n) is 7.52. The van der Waals surface area contributed by atoms with E-state index < -0.39 is 0 Å². The van der Waals surface area contributed by atoms with Crippen molar-refractivity contribution >= 4 is 28.8 Å². The average molecular weight is 509 g/mol. The number of carbonyl (C=O) groups excluding carboxylic acids is 2. The predicted molar refractivity (Wildman–Crippen MR) is 149 cm³/mol. The number of carbonyl (C=O) groups is 2. The van der Waals surface area contributed by atoms with Gasteiger partial charge >= 0.3 is 0 Å². The van der Waals surface area contributed by atoms with Crippen molar-refractivity contribution in [3.8, 4) is 0 Å². The summed E-state index contributed by atoms with van der Waals surface area (Å²) >= 11 is 0. The number of aromatic nitrogens is 2. The van der Waals surface area contributed by atoms with E-state index in [0.29, 0.717) is 23.5 Å². The van der Waals surface area contributed by atoms with Gasteiger partial charge in [0.25, 0.3) is 11.8 Å². The van der Waals surface area contributed by atoms with Crippen LogP contribution < -0.4 is 10.2 Å². The molecule has 38 heavy (non-hydrogen) atoms. The van der Waals surface area contributed by atoms with Gasteiger partial charge in [-0.1, -0.05) is 23.8 Å². The molecule has 8 heteroatoms. The summed E-state index contributed by atoms with van der Waals surface area (Å²) in [5, 5.41) is 3.06. The second kappa shape index (κ2) is 10.0. The third kappa shape index (κ3) is 4.80. The van der Waals surface area contributed by atoms with Crippen molar-refractivity contribution in [3.05, 3.63) is 94.9 Å². The summed E-state index contributed by atoms with van der Waals surface area (Å²) in [5.74, 6) is -0.246. The van der Waals surface area contributed by atoms with E-state index in [2.05, 4.69) is 33.2 Å². The first-order chi connectivity index (χ1) is 18.4. The molecular weight excluding hydrogens is 476 g/mol. The number of hydrogen-bond donors (Lipinski definition) is 1. The number of fused-ring (bicyclic) bond motifs is 2. The molecule has 0 atom stereocenters. The Morgan fingerprint density at radius 2 is 1.82 bits per heavy atom. The molecule has 194 valence electrons. The van der Waals surface area contributed by atoms with Crippen LogP contribution >= 0.6 is 0 Å². The van der Waals surface area contributed by atoms with E-state index in [-0.39, 0.29) is 11.8 Å². The zero-order valence-electron chi connectivity index (χ0n) is 21.9. The Labute approximate surface area is 222 Å². The zero-order valence-corrected chi connectivity index (χ0v) is 21.9. The van der Waals surface area contributed by atoms with E-state index in [1.807, 2.05) is 66.1 Å². The fourth-order valence-corrected chi connectivity index (χ4v) is 5.45. The molecule has 0 spiro atoms. The molecule has 8 nitrogen and oxygen atoms in total. The maximum atomic E-state index is 13.5. The molecule has 0 saturated carbocycles. The lowest BCUT2D eigenvalue weighted by molar-refractivity contribution is 0.0982. The number of nitrogens with one attached hydrogen (secondary N) is 1. The Morgan fingerprint density at radius 3 is 2.66 bits per heavy atom. The van der Waals surface area contributed by atoms with Gasteiger partial charge in [-0.3, -0.25) is 18.9 Å². The molecule has 0 radical (unpaired) electrons. The maximum absolute atomic E-state index is 13.5. The Morgan fingerprint density at radius 1 is 0.974 bits per heavy atom. The number of rotatable bonds is 5. The summed E-state index contributed by atoms with van der Waals surface area (Å²) in [5.41, 5.74) is 6.73. The first-order valence-electron chi connectivity index (χ1n) is 13.1. The van der Waals surface area contributed by atoms with Gasteiger partial charge in [0, 0.05) is 62.4 Å². The SMILES string of the molecule is Cc1cc(CN2CCN(C)CC2)cc(C(=O)Nc2ccc3c(c2)N(C(=O)c2cnc4ccccn24)CC3)c1. The summed E-state index contributed by atoms with van der Waals surface area (Å²) < 4.78 is 1.81. The van der Waals surface area contributed by atoms with Crippen LogP contribution in [-0.4, -0.2) is 70.8 Å². The lowest BCUT2D eigenvalue weighted by Gasteiger charge is -2.32. The number of nitrogens with zero attached hydrogens (tertiary/aromatic N) is 5. The summed E-state index contributed by atoms with van der Waals surface area (Å²) in [6.45, 7) is 7.66. The molecule has 4 aromatic rings. The molecule has 2 aromatic heterocycles. The molecule has 0 bridgehead atoms. The Kier molecular flexibility index (Phi) is 6.43. The molecule has 0 aliphatic carbocycles. The van der Waals surface area contributed by atoms with Crippen molar-refractivity contribution in [3.63, 3.8) is 0 Å². The van der Waals surface area contributed by atoms with E-state index in [9.17, 15) is 9.59 Å². The monoisotopic (exact) mass is 508 g/mol. The maximum Gasteiger partial charge on any atom is 0.276 e. The normalized spacial score (nSPS) is 16.1. The Bertz CT molecular complexity index is 1520. The van der Waals surface area contributed by atoms with Crippen LogP contribution in [0.3, 0.4) is 0 Å². The van der Waals surface area contributed by atoms with Crippen molar-refractivity contribution in [2.24, 2.45) is 0 Å². The van der Waals surface area contributed by atoms with Crippen LogP contribution in [0.1, 0.15) is 37.5 Å². The van der Waals surface area contributed by atoms with Gasteiger partial charge in [-0.2, -0.15) is 0 Å². The summed E-state index contributed by atoms with van der Waals surface area (Å²) in [6, 6.07) is 17.6. The van der Waals surface area contributed by atoms with E-state index in [1.165, 1.54) is 0 Å². The molecular formula is C30H32N6O2. The number of amides is 2. The number of anilines is 2. The topological polar surface area (TPSA) is 73.2 Å². The highest BCUT2D eigenvalue weighted by Crippen LogP contribution is 2.32. The number of aryl methyl sites for hydroxylation is 1. The minimum absolute atomic E-state index is 0.0989. The Hall–Kier alpha value is -4.01.